The normalized spacial score (nSPS) is 15.4. The number of anilines is 1. The van der Waals surface area contributed by atoms with Crippen LogP contribution in [0.25, 0.3) is 11.3 Å². The summed E-state index contributed by atoms with van der Waals surface area (Å²) in [4.78, 5) is 38.8. The number of benzene rings is 1. The van der Waals surface area contributed by atoms with E-state index in [0.29, 0.717) is 24.3 Å². The number of hydrogen-bond donors (Lipinski definition) is 2. The van der Waals surface area contributed by atoms with Crippen molar-refractivity contribution in [2.24, 2.45) is 5.92 Å². The molecule has 2 amide bonds. The van der Waals surface area contributed by atoms with Crippen LogP contribution in [0.5, 0.6) is 0 Å². The average Bonchev–Trinajstić information content (AvgIpc) is 3.45. The zero-order valence-electron chi connectivity index (χ0n) is 17.6. The molecule has 1 aliphatic rings. The predicted molar refractivity (Wildman–Crippen MR) is 115 cm³/mol. The van der Waals surface area contributed by atoms with Gasteiger partial charge in [-0.1, -0.05) is 0 Å². The van der Waals surface area contributed by atoms with E-state index >= 15 is 0 Å². The lowest BCUT2D eigenvalue weighted by atomic mass is 10.1. The monoisotopic (exact) mass is 432 g/mol. The minimum absolute atomic E-state index is 0.136. The van der Waals surface area contributed by atoms with Crippen LogP contribution < -0.4 is 5.32 Å². The zero-order chi connectivity index (χ0) is 22.8. The number of aromatic nitrogens is 3. The summed E-state index contributed by atoms with van der Waals surface area (Å²) in [6, 6.07) is 9.14. The fourth-order valence-electron chi connectivity index (χ4n) is 3.91. The Morgan fingerprint density at radius 3 is 2.69 bits per heavy atom. The number of aryl methyl sites for hydroxylation is 2. The van der Waals surface area contributed by atoms with Gasteiger partial charge in [-0.05, 0) is 50.6 Å². The number of H-pyrrole nitrogens is 1. The molecule has 9 heteroatoms. The third-order valence-corrected chi connectivity index (χ3v) is 5.61. The number of hydrogen-bond acceptors (Lipinski definition) is 5. The number of aromatic amines is 1. The van der Waals surface area contributed by atoms with Crippen LogP contribution in [0.15, 0.2) is 36.7 Å². The largest absolute Gasteiger partial charge is 0.350 e. The van der Waals surface area contributed by atoms with Gasteiger partial charge in [-0.3, -0.25) is 9.59 Å². The first-order valence-corrected chi connectivity index (χ1v) is 10.1. The van der Waals surface area contributed by atoms with Gasteiger partial charge in [-0.25, -0.2) is 14.4 Å². The number of amides is 2. The van der Waals surface area contributed by atoms with E-state index in [1.807, 2.05) is 19.9 Å². The van der Waals surface area contributed by atoms with Crippen molar-refractivity contribution in [2.75, 3.05) is 18.4 Å². The maximum Gasteiger partial charge on any atom is 0.270 e. The van der Waals surface area contributed by atoms with Gasteiger partial charge in [0.25, 0.3) is 5.91 Å². The fraction of sp³-hybridized carbons (Fsp3) is 0.261. The Kier molecular flexibility index (Phi) is 5.69. The van der Waals surface area contributed by atoms with Crippen molar-refractivity contribution >= 4 is 17.5 Å². The van der Waals surface area contributed by atoms with Gasteiger partial charge in [0, 0.05) is 30.0 Å². The molecule has 0 bridgehead atoms. The number of nitrogens with one attached hydrogen (secondary N) is 2. The molecule has 2 aromatic heterocycles. The number of nitriles is 1. The van der Waals surface area contributed by atoms with Crippen molar-refractivity contribution in [1.29, 1.82) is 5.26 Å². The molecule has 0 radical (unpaired) electrons. The lowest BCUT2D eigenvalue weighted by Crippen LogP contribution is -2.31. The zero-order valence-corrected chi connectivity index (χ0v) is 17.6. The summed E-state index contributed by atoms with van der Waals surface area (Å²) >= 11 is 0. The standard InChI is InChI=1S/C23H21FN6O2/c1-13-21(14(2)27-12-26-13)19-5-6-20(29-19)23(32)30-8-7-15(11-30)22(31)28-17-3-4-18(24)16(9-17)10-25/h3-6,9,12,15,29H,7-8,11H2,1-2H3,(H,28,31)/t15-/m0/s1. The van der Waals surface area contributed by atoms with Crippen molar-refractivity contribution in [3.05, 3.63) is 65.1 Å². The first kappa shape index (κ1) is 21.2. The molecule has 0 saturated carbocycles. The van der Waals surface area contributed by atoms with Gasteiger partial charge >= 0.3 is 0 Å². The third-order valence-electron chi connectivity index (χ3n) is 5.61. The number of carbonyl (C=O) groups is 2. The molecule has 1 aromatic carbocycles. The van der Waals surface area contributed by atoms with Crippen molar-refractivity contribution < 1.29 is 14.0 Å². The molecule has 162 valence electrons. The van der Waals surface area contributed by atoms with E-state index in [2.05, 4.69) is 20.3 Å². The van der Waals surface area contributed by atoms with Crippen LogP contribution in [-0.4, -0.2) is 44.8 Å². The fourth-order valence-corrected chi connectivity index (χ4v) is 3.91. The minimum atomic E-state index is -0.638. The highest BCUT2D eigenvalue weighted by Crippen LogP contribution is 2.26. The second kappa shape index (κ2) is 8.59. The van der Waals surface area contributed by atoms with Crippen LogP contribution in [0.3, 0.4) is 0 Å². The minimum Gasteiger partial charge on any atom is -0.350 e. The summed E-state index contributed by atoms with van der Waals surface area (Å²) < 4.78 is 13.5. The smallest absolute Gasteiger partial charge is 0.270 e. The molecule has 8 nitrogen and oxygen atoms in total. The maximum atomic E-state index is 13.5. The van der Waals surface area contributed by atoms with Crippen molar-refractivity contribution in [1.82, 2.24) is 19.9 Å². The summed E-state index contributed by atoms with van der Waals surface area (Å²) in [5.41, 5.74) is 3.91. The SMILES string of the molecule is Cc1ncnc(C)c1-c1ccc(C(=O)N2CC[C@H](C(=O)Nc3ccc(F)c(C#N)c3)C2)[nH]1. The molecular weight excluding hydrogens is 411 g/mol. The van der Waals surface area contributed by atoms with E-state index in [-0.39, 0.29) is 23.9 Å². The Labute approximate surface area is 184 Å². The van der Waals surface area contributed by atoms with Crippen molar-refractivity contribution in [3.8, 4) is 17.3 Å². The van der Waals surface area contributed by atoms with Crippen LogP contribution in [0, 0.1) is 36.9 Å². The molecule has 1 aliphatic heterocycles. The third kappa shape index (κ3) is 4.07. The van der Waals surface area contributed by atoms with Gasteiger partial charge in [0.1, 0.15) is 23.9 Å². The predicted octanol–water partition coefficient (Wildman–Crippen LogP) is 3.20. The van der Waals surface area contributed by atoms with E-state index < -0.39 is 11.7 Å². The molecule has 0 unspecified atom stereocenters. The Morgan fingerprint density at radius 1 is 1.22 bits per heavy atom. The quantitative estimate of drug-likeness (QED) is 0.657. The second-order valence-corrected chi connectivity index (χ2v) is 7.74. The summed E-state index contributed by atoms with van der Waals surface area (Å²) in [5, 5.41) is 11.6. The average molecular weight is 432 g/mol. The number of nitrogens with zero attached hydrogens (tertiary/aromatic N) is 4. The van der Waals surface area contributed by atoms with E-state index in [1.165, 1.54) is 18.5 Å². The van der Waals surface area contributed by atoms with E-state index in [1.54, 1.807) is 17.0 Å². The van der Waals surface area contributed by atoms with Gasteiger partial charge in [0.05, 0.1) is 22.9 Å². The van der Waals surface area contributed by atoms with Gasteiger partial charge in [0.15, 0.2) is 0 Å². The summed E-state index contributed by atoms with van der Waals surface area (Å²) in [6.07, 6.45) is 2.02. The highest BCUT2D eigenvalue weighted by molar-refractivity contribution is 5.96. The molecule has 3 heterocycles. The summed E-state index contributed by atoms with van der Waals surface area (Å²) in [5.74, 6) is -1.49. The topological polar surface area (TPSA) is 115 Å². The Hall–Kier alpha value is -4.06. The Bertz CT molecular complexity index is 1230. The summed E-state index contributed by atoms with van der Waals surface area (Å²) in [6.45, 7) is 4.50. The van der Waals surface area contributed by atoms with E-state index in [9.17, 15) is 14.0 Å². The first-order chi connectivity index (χ1) is 15.4. The lowest BCUT2D eigenvalue weighted by molar-refractivity contribution is -0.119. The molecule has 2 N–H and O–H groups in total. The molecule has 1 saturated heterocycles. The highest BCUT2D eigenvalue weighted by atomic mass is 19.1. The van der Waals surface area contributed by atoms with Crippen molar-refractivity contribution in [3.63, 3.8) is 0 Å². The Balaban J connectivity index is 1.42. The Morgan fingerprint density at radius 2 is 1.97 bits per heavy atom. The van der Waals surface area contributed by atoms with Crippen LogP contribution in [0.2, 0.25) is 0 Å². The molecule has 1 fully saturated rings. The molecule has 1 atom stereocenters. The van der Waals surface area contributed by atoms with Crippen molar-refractivity contribution in [2.45, 2.75) is 20.3 Å². The van der Waals surface area contributed by atoms with Crippen LogP contribution in [0.4, 0.5) is 10.1 Å². The van der Waals surface area contributed by atoms with Gasteiger partial charge < -0.3 is 15.2 Å². The van der Waals surface area contributed by atoms with Gasteiger partial charge in [-0.15, -0.1) is 0 Å². The van der Waals surface area contributed by atoms with E-state index in [4.69, 9.17) is 5.26 Å². The molecule has 0 spiro atoms. The van der Waals surface area contributed by atoms with Crippen LogP contribution >= 0.6 is 0 Å². The van der Waals surface area contributed by atoms with Gasteiger partial charge in [0.2, 0.25) is 5.91 Å². The van der Waals surface area contributed by atoms with Gasteiger partial charge in [-0.2, -0.15) is 5.26 Å². The first-order valence-electron chi connectivity index (χ1n) is 10.1. The van der Waals surface area contributed by atoms with E-state index in [0.717, 1.165) is 28.7 Å². The number of rotatable bonds is 4. The lowest BCUT2D eigenvalue weighted by Gasteiger charge is -2.16. The number of likely N-dealkylation sites (tertiary alicyclic amines) is 1. The molecular formula is C23H21FN6O2. The molecule has 4 rings (SSSR count). The molecule has 32 heavy (non-hydrogen) atoms. The molecule has 3 aromatic rings. The number of halogens is 1. The molecule has 0 aliphatic carbocycles. The second-order valence-electron chi connectivity index (χ2n) is 7.74. The van der Waals surface area contributed by atoms with Crippen LogP contribution in [-0.2, 0) is 4.79 Å². The maximum absolute atomic E-state index is 13.5. The number of carbonyl (C=O) groups excluding carboxylic acids is 2. The highest BCUT2D eigenvalue weighted by Gasteiger charge is 2.32. The summed E-state index contributed by atoms with van der Waals surface area (Å²) in [7, 11) is 0. The van der Waals surface area contributed by atoms with Crippen LogP contribution in [0.1, 0.15) is 33.9 Å².